The number of hydrogen-bond acceptors (Lipinski definition) is 5. The number of alkyl halides is 3. The molecule has 28 heavy (non-hydrogen) atoms. The Morgan fingerprint density at radius 2 is 1.86 bits per heavy atom. The van der Waals surface area contributed by atoms with E-state index >= 15 is 0 Å². The number of carbonyl (C=O) groups is 2. The lowest BCUT2D eigenvalue weighted by atomic mass is 9.98. The lowest BCUT2D eigenvalue weighted by molar-refractivity contribution is -0.167. The number of thiophene rings is 1. The van der Waals surface area contributed by atoms with Crippen molar-refractivity contribution < 1.29 is 27.5 Å². The number of nitrogens with one attached hydrogen (secondary N) is 1. The topological polar surface area (TPSA) is 68.3 Å². The molecule has 152 valence electrons. The molecule has 0 radical (unpaired) electrons. The SMILES string of the molecule is Cc1nc2sc(C(=O)OC3CCCCC3)c(NC(=O)C(F)(F)F)c2c(C)c1Cl. The number of anilines is 1. The zero-order valence-electron chi connectivity index (χ0n) is 15.2. The highest BCUT2D eigenvalue weighted by Crippen LogP contribution is 2.41. The lowest BCUT2D eigenvalue weighted by Crippen LogP contribution is -2.30. The number of hydrogen-bond donors (Lipinski definition) is 1. The van der Waals surface area contributed by atoms with Crippen LogP contribution >= 0.6 is 22.9 Å². The standard InChI is InChI=1S/C18H18ClF3N2O3S/c1-8-11-13(24-17(26)18(20,21)22)14(28-15(11)23-9(2)12(8)19)16(25)27-10-6-4-3-5-7-10/h10H,3-7H2,1-2H3,(H,24,26). The minimum Gasteiger partial charge on any atom is -0.458 e. The second-order valence-corrected chi connectivity index (χ2v) is 8.12. The number of amides is 1. The highest BCUT2D eigenvalue weighted by Gasteiger charge is 2.40. The van der Waals surface area contributed by atoms with E-state index < -0.39 is 18.1 Å². The Morgan fingerprint density at radius 1 is 1.21 bits per heavy atom. The highest BCUT2D eigenvalue weighted by molar-refractivity contribution is 7.21. The van der Waals surface area contributed by atoms with Crippen molar-refractivity contribution in [1.29, 1.82) is 0 Å². The molecule has 2 aromatic rings. The van der Waals surface area contributed by atoms with Crippen LogP contribution in [-0.4, -0.2) is 29.1 Å². The summed E-state index contributed by atoms with van der Waals surface area (Å²) in [5.74, 6) is -2.93. The maximum Gasteiger partial charge on any atom is 0.471 e. The van der Waals surface area contributed by atoms with Gasteiger partial charge in [0.25, 0.3) is 0 Å². The first kappa shape index (κ1) is 20.9. The van der Waals surface area contributed by atoms with Crippen LogP contribution in [0.25, 0.3) is 10.2 Å². The van der Waals surface area contributed by atoms with Crippen molar-refractivity contribution in [2.75, 3.05) is 5.32 Å². The molecule has 3 rings (SSSR count). The van der Waals surface area contributed by atoms with Gasteiger partial charge in [0.2, 0.25) is 0 Å². The fourth-order valence-corrected chi connectivity index (χ4v) is 4.52. The smallest absolute Gasteiger partial charge is 0.458 e. The molecule has 5 nitrogen and oxygen atoms in total. The summed E-state index contributed by atoms with van der Waals surface area (Å²) in [6, 6.07) is 0. The van der Waals surface area contributed by atoms with E-state index in [0.717, 1.165) is 30.6 Å². The molecule has 1 fully saturated rings. The summed E-state index contributed by atoms with van der Waals surface area (Å²) in [6.07, 6.45) is -1.04. The summed E-state index contributed by atoms with van der Waals surface area (Å²) in [5.41, 5.74) is 0.665. The predicted octanol–water partition coefficient (Wildman–Crippen LogP) is 5.56. The van der Waals surface area contributed by atoms with Crippen molar-refractivity contribution in [2.45, 2.75) is 58.2 Å². The fourth-order valence-electron chi connectivity index (χ4n) is 3.26. The minimum absolute atomic E-state index is 0.115. The number of halogens is 4. The van der Waals surface area contributed by atoms with E-state index in [9.17, 15) is 22.8 Å². The molecule has 1 N–H and O–H groups in total. The maximum atomic E-state index is 12.8. The normalized spacial score (nSPS) is 15.6. The van der Waals surface area contributed by atoms with Crippen LogP contribution in [0.1, 0.15) is 53.0 Å². The molecule has 0 unspecified atom stereocenters. The van der Waals surface area contributed by atoms with E-state index in [1.165, 1.54) is 0 Å². The van der Waals surface area contributed by atoms with Gasteiger partial charge in [0, 0.05) is 5.39 Å². The number of aryl methyl sites for hydroxylation is 2. The molecule has 0 aliphatic heterocycles. The summed E-state index contributed by atoms with van der Waals surface area (Å²) in [4.78, 5) is 28.7. The van der Waals surface area contributed by atoms with Gasteiger partial charge in [-0.2, -0.15) is 13.2 Å². The second-order valence-electron chi connectivity index (χ2n) is 6.74. The molecule has 0 spiro atoms. The van der Waals surface area contributed by atoms with Crippen molar-refractivity contribution in [3.63, 3.8) is 0 Å². The van der Waals surface area contributed by atoms with Gasteiger partial charge < -0.3 is 10.1 Å². The molecule has 2 aromatic heterocycles. The van der Waals surface area contributed by atoms with Gasteiger partial charge in [0.1, 0.15) is 15.8 Å². The first-order valence-corrected chi connectivity index (χ1v) is 9.97. The van der Waals surface area contributed by atoms with Gasteiger partial charge in [-0.15, -0.1) is 11.3 Å². The lowest BCUT2D eigenvalue weighted by Gasteiger charge is -2.21. The van der Waals surface area contributed by atoms with Crippen LogP contribution in [0.5, 0.6) is 0 Å². The monoisotopic (exact) mass is 434 g/mol. The van der Waals surface area contributed by atoms with Gasteiger partial charge in [0.15, 0.2) is 0 Å². The Kier molecular flexibility index (Phi) is 5.86. The summed E-state index contributed by atoms with van der Waals surface area (Å²) >= 11 is 7.07. The molecular weight excluding hydrogens is 417 g/mol. The molecular formula is C18H18ClF3N2O3S. The van der Waals surface area contributed by atoms with E-state index in [4.69, 9.17) is 16.3 Å². The third-order valence-corrected chi connectivity index (χ3v) is 6.31. The molecule has 0 aromatic carbocycles. The van der Waals surface area contributed by atoms with Gasteiger partial charge >= 0.3 is 18.1 Å². The number of esters is 1. The Bertz CT molecular complexity index is 937. The Hall–Kier alpha value is -1.87. The average molecular weight is 435 g/mol. The molecule has 1 saturated carbocycles. The number of ether oxygens (including phenoxy) is 1. The van der Waals surface area contributed by atoms with Gasteiger partial charge in [-0.25, -0.2) is 9.78 Å². The molecule has 0 atom stereocenters. The van der Waals surface area contributed by atoms with E-state index in [-0.39, 0.29) is 27.1 Å². The Balaban J connectivity index is 2.07. The molecule has 10 heteroatoms. The number of rotatable bonds is 3. The second kappa shape index (κ2) is 7.87. The third-order valence-electron chi connectivity index (χ3n) is 4.69. The van der Waals surface area contributed by atoms with Crippen LogP contribution in [0.3, 0.4) is 0 Å². The number of fused-ring (bicyclic) bond motifs is 1. The van der Waals surface area contributed by atoms with Crippen LogP contribution in [0.15, 0.2) is 0 Å². The van der Waals surface area contributed by atoms with E-state index in [1.54, 1.807) is 13.8 Å². The van der Waals surface area contributed by atoms with Gasteiger partial charge in [-0.1, -0.05) is 18.0 Å². The molecule has 2 heterocycles. The van der Waals surface area contributed by atoms with E-state index in [2.05, 4.69) is 4.98 Å². The maximum absolute atomic E-state index is 12.8. The predicted molar refractivity (Wildman–Crippen MR) is 101 cm³/mol. The number of aromatic nitrogens is 1. The van der Waals surface area contributed by atoms with Crippen LogP contribution in [0.2, 0.25) is 5.02 Å². The van der Waals surface area contributed by atoms with Crippen molar-refractivity contribution >= 4 is 50.7 Å². The Morgan fingerprint density at radius 3 is 2.46 bits per heavy atom. The number of nitrogens with zero attached hydrogens (tertiary/aromatic N) is 1. The summed E-state index contributed by atoms with van der Waals surface area (Å²) in [7, 11) is 0. The summed E-state index contributed by atoms with van der Waals surface area (Å²) in [5, 5.41) is 2.31. The molecule has 0 saturated heterocycles. The summed E-state index contributed by atoms with van der Waals surface area (Å²) in [6.45, 7) is 3.26. The van der Waals surface area contributed by atoms with Crippen molar-refractivity contribution in [3.05, 3.63) is 21.2 Å². The zero-order valence-corrected chi connectivity index (χ0v) is 16.8. The van der Waals surface area contributed by atoms with Crippen LogP contribution in [0, 0.1) is 13.8 Å². The van der Waals surface area contributed by atoms with Crippen molar-refractivity contribution in [1.82, 2.24) is 4.98 Å². The Labute approximate surface area is 168 Å². The summed E-state index contributed by atoms with van der Waals surface area (Å²) < 4.78 is 44.0. The van der Waals surface area contributed by atoms with Gasteiger partial charge in [-0.3, -0.25) is 4.79 Å². The van der Waals surface area contributed by atoms with Crippen LogP contribution < -0.4 is 5.32 Å². The zero-order chi connectivity index (χ0) is 20.6. The number of carbonyl (C=O) groups excluding carboxylic acids is 2. The van der Waals surface area contributed by atoms with E-state index in [1.807, 2.05) is 5.32 Å². The van der Waals surface area contributed by atoms with Crippen LogP contribution in [-0.2, 0) is 9.53 Å². The van der Waals surface area contributed by atoms with Crippen LogP contribution in [0.4, 0.5) is 18.9 Å². The van der Waals surface area contributed by atoms with Gasteiger partial charge in [0.05, 0.1) is 16.4 Å². The molecule has 1 amide bonds. The minimum atomic E-state index is -5.10. The van der Waals surface area contributed by atoms with Gasteiger partial charge in [-0.05, 0) is 45.1 Å². The fraction of sp³-hybridized carbons (Fsp3) is 0.500. The molecule has 1 aliphatic rings. The number of pyridine rings is 1. The largest absolute Gasteiger partial charge is 0.471 e. The third kappa shape index (κ3) is 4.10. The first-order valence-electron chi connectivity index (χ1n) is 8.78. The molecule has 0 bridgehead atoms. The van der Waals surface area contributed by atoms with E-state index in [0.29, 0.717) is 28.9 Å². The average Bonchev–Trinajstić information content (AvgIpc) is 2.98. The highest BCUT2D eigenvalue weighted by atomic mass is 35.5. The molecule has 1 aliphatic carbocycles. The van der Waals surface area contributed by atoms with Crippen molar-refractivity contribution in [3.8, 4) is 0 Å². The first-order chi connectivity index (χ1) is 13.1. The van der Waals surface area contributed by atoms with Crippen molar-refractivity contribution in [2.24, 2.45) is 0 Å². The quantitative estimate of drug-likeness (QED) is 0.642.